The van der Waals surface area contributed by atoms with Crippen LogP contribution in [0.3, 0.4) is 0 Å². The van der Waals surface area contributed by atoms with Crippen LogP contribution in [0.2, 0.25) is 0 Å². The zero-order chi connectivity index (χ0) is 13.0. The fourth-order valence-corrected chi connectivity index (χ4v) is 1.38. The summed E-state index contributed by atoms with van der Waals surface area (Å²) in [7, 11) is 0. The van der Waals surface area contributed by atoms with Gasteiger partial charge in [0.15, 0.2) is 0 Å². The van der Waals surface area contributed by atoms with Crippen LogP contribution in [-0.2, 0) is 4.79 Å². The molecular formula is C12H14FNO3. The molecule has 1 aromatic rings. The summed E-state index contributed by atoms with van der Waals surface area (Å²) >= 11 is 0. The SMILES string of the molecule is CCC(NC(=O)c1ccc(C)cc1F)C(=O)O. The highest BCUT2D eigenvalue weighted by Gasteiger charge is 2.20. The number of nitrogens with one attached hydrogen (secondary N) is 1. The van der Waals surface area contributed by atoms with Crippen LogP contribution in [-0.4, -0.2) is 23.0 Å². The van der Waals surface area contributed by atoms with E-state index in [0.29, 0.717) is 5.56 Å². The summed E-state index contributed by atoms with van der Waals surface area (Å²) in [6, 6.07) is 3.17. The van der Waals surface area contributed by atoms with Crippen molar-refractivity contribution in [2.24, 2.45) is 0 Å². The minimum atomic E-state index is -1.13. The molecule has 0 bridgehead atoms. The number of carboxylic acids is 1. The van der Waals surface area contributed by atoms with Gasteiger partial charge in [0.2, 0.25) is 0 Å². The van der Waals surface area contributed by atoms with E-state index in [1.807, 2.05) is 0 Å². The second-order valence-corrected chi connectivity index (χ2v) is 3.76. The predicted octanol–water partition coefficient (Wildman–Crippen LogP) is 1.73. The molecule has 1 amide bonds. The second kappa shape index (κ2) is 5.43. The molecular weight excluding hydrogens is 225 g/mol. The second-order valence-electron chi connectivity index (χ2n) is 3.76. The lowest BCUT2D eigenvalue weighted by Crippen LogP contribution is -2.40. The van der Waals surface area contributed by atoms with E-state index < -0.39 is 23.7 Å². The first-order valence-electron chi connectivity index (χ1n) is 5.25. The topological polar surface area (TPSA) is 66.4 Å². The maximum atomic E-state index is 13.4. The van der Waals surface area contributed by atoms with E-state index in [4.69, 9.17) is 5.11 Å². The molecule has 1 aromatic carbocycles. The summed E-state index contributed by atoms with van der Waals surface area (Å²) < 4.78 is 13.4. The number of carbonyl (C=O) groups is 2. The lowest BCUT2D eigenvalue weighted by atomic mass is 10.1. The van der Waals surface area contributed by atoms with Gasteiger partial charge < -0.3 is 10.4 Å². The third-order valence-electron chi connectivity index (χ3n) is 2.38. The number of rotatable bonds is 4. The van der Waals surface area contributed by atoms with Crippen molar-refractivity contribution in [1.29, 1.82) is 0 Å². The number of aryl methyl sites for hydroxylation is 1. The van der Waals surface area contributed by atoms with Gasteiger partial charge in [-0.25, -0.2) is 9.18 Å². The lowest BCUT2D eigenvalue weighted by molar-refractivity contribution is -0.139. The lowest BCUT2D eigenvalue weighted by Gasteiger charge is -2.12. The summed E-state index contributed by atoms with van der Waals surface area (Å²) in [6.07, 6.45) is 0.245. The quantitative estimate of drug-likeness (QED) is 0.840. The standard InChI is InChI=1S/C12H14FNO3/c1-3-10(12(16)17)14-11(15)8-5-4-7(2)6-9(8)13/h4-6,10H,3H2,1-2H3,(H,14,15)(H,16,17). The fourth-order valence-electron chi connectivity index (χ4n) is 1.38. The van der Waals surface area contributed by atoms with E-state index in [2.05, 4.69) is 5.32 Å². The summed E-state index contributed by atoms with van der Waals surface area (Å²) in [5.74, 6) is -2.49. The Kier molecular flexibility index (Phi) is 4.20. The van der Waals surface area contributed by atoms with E-state index in [1.54, 1.807) is 19.9 Å². The molecule has 17 heavy (non-hydrogen) atoms. The molecule has 5 heteroatoms. The van der Waals surface area contributed by atoms with E-state index >= 15 is 0 Å². The van der Waals surface area contributed by atoms with Gasteiger partial charge in [0, 0.05) is 0 Å². The zero-order valence-electron chi connectivity index (χ0n) is 9.66. The monoisotopic (exact) mass is 239 g/mol. The van der Waals surface area contributed by atoms with Crippen molar-refractivity contribution in [3.05, 3.63) is 35.1 Å². The summed E-state index contributed by atoms with van der Waals surface area (Å²) in [4.78, 5) is 22.4. The van der Waals surface area contributed by atoms with Crippen molar-refractivity contribution in [1.82, 2.24) is 5.32 Å². The molecule has 0 saturated carbocycles. The highest BCUT2D eigenvalue weighted by atomic mass is 19.1. The van der Waals surface area contributed by atoms with Crippen LogP contribution in [0.1, 0.15) is 29.3 Å². The van der Waals surface area contributed by atoms with Crippen molar-refractivity contribution in [2.45, 2.75) is 26.3 Å². The molecule has 0 radical (unpaired) electrons. The molecule has 0 fully saturated rings. The normalized spacial score (nSPS) is 11.9. The van der Waals surface area contributed by atoms with Gasteiger partial charge in [-0.05, 0) is 31.0 Å². The molecule has 2 N–H and O–H groups in total. The van der Waals surface area contributed by atoms with Crippen LogP contribution >= 0.6 is 0 Å². The molecule has 0 heterocycles. The van der Waals surface area contributed by atoms with Crippen molar-refractivity contribution in [2.75, 3.05) is 0 Å². The van der Waals surface area contributed by atoms with E-state index in [9.17, 15) is 14.0 Å². The van der Waals surface area contributed by atoms with Gasteiger partial charge in [0.1, 0.15) is 11.9 Å². The first-order valence-corrected chi connectivity index (χ1v) is 5.25. The molecule has 0 aliphatic carbocycles. The molecule has 1 unspecified atom stereocenters. The Morgan fingerprint density at radius 1 is 1.47 bits per heavy atom. The Hall–Kier alpha value is -1.91. The number of amides is 1. The highest BCUT2D eigenvalue weighted by molar-refractivity contribution is 5.96. The van der Waals surface area contributed by atoms with E-state index in [0.717, 1.165) is 0 Å². The van der Waals surface area contributed by atoms with Crippen LogP contribution in [0.25, 0.3) is 0 Å². The zero-order valence-corrected chi connectivity index (χ0v) is 9.66. The maximum Gasteiger partial charge on any atom is 0.326 e. The first-order chi connectivity index (χ1) is 7.95. The van der Waals surface area contributed by atoms with Crippen LogP contribution in [0, 0.1) is 12.7 Å². The van der Waals surface area contributed by atoms with E-state index in [1.165, 1.54) is 12.1 Å². The molecule has 0 aliphatic rings. The van der Waals surface area contributed by atoms with Gasteiger partial charge in [0.05, 0.1) is 5.56 Å². The number of benzene rings is 1. The molecule has 1 rings (SSSR count). The summed E-state index contributed by atoms with van der Waals surface area (Å²) in [5.41, 5.74) is 0.555. The van der Waals surface area contributed by atoms with Crippen LogP contribution in [0.5, 0.6) is 0 Å². The summed E-state index contributed by atoms with van der Waals surface area (Å²) in [5, 5.41) is 11.0. The first kappa shape index (κ1) is 13.2. The number of carboxylic acid groups (broad SMARTS) is 1. The molecule has 0 spiro atoms. The van der Waals surface area contributed by atoms with Gasteiger partial charge in [-0.1, -0.05) is 13.0 Å². The van der Waals surface area contributed by atoms with Gasteiger partial charge in [-0.3, -0.25) is 4.79 Å². The van der Waals surface area contributed by atoms with Gasteiger partial charge in [-0.15, -0.1) is 0 Å². The predicted molar refractivity (Wildman–Crippen MR) is 60.3 cm³/mol. The maximum absolute atomic E-state index is 13.4. The van der Waals surface area contributed by atoms with Crippen LogP contribution in [0.4, 0.5) is 4.39 Å². The minimum absolute atomic E-state index is 0.143. The Labute approximate surface area is 98.5 Å². The highest BCUT2D eigenvalue weighted by Crippen LogP contribution is 2.10. The number of hydrogen-bond acceptors (Lipinski definition) is 2. The van der Waals surface area contributed by atoms with Crippen molar-refractivity contribution >= 4 is 11.9 Å². The Morgan fingerprint density at radius 2 is 2.12 bits per heavy atom. The average molecular weight is 239 g/mol. The average Bonchev–Trinajstić information content (AvgIpc) is 2.24. The van der Waals surface area contributed by atoms with Gasteiger partial charge in [-0.2, -0.15) is 0 Å². The summed E-state index contributed by atoms with van der Waals surface area (Å²) in [6.45, 7) is 3.33. The smallest absolute Gasteiger partial charge is 0.326 e. The van der Waals surface area contributed by atoms with Gasteiger partial charge in [0.25, 0.3) is 5.91 Å². The number of aliphatic carboxylic acids is 1. The largest absolute Gasteiger partial charge is 0.480 e. The Bertz CT molecular complexity index is 445. The molecule has 92 valence electrons. The minimum Gasteiger partial charge on any atom is -0.480 e. The van der Waals surface area contributed by atoms with Crippen LogP contribution in [0.15, 0.2) is 18.2 Å². The number of carbonyl (C=O) groups excluding carboxylic acids is 1. The van der Waals surface area contributed by atoms with Crippen LogP contribution < -0.4 is 5.32 Å². The third-order valence-corrected chi connectivity index (χ3v) is 2.38. The Morgan fingerprint density at radius 3 is 2.59 bits per heavy atom. The Balaban J connectivity index is 2.86. The van der Waals surface area contributed by atoms with Gasteiger partial charge >= 0.3 is 5.97 Å². The van der Waals surface area contributed by atoms with Crippen molar-refractivity contribution in [3.8, 4) is 0 Å². The van der Waals surface area contributed by atoms with E-state index in [-0.39, 0.29) is 12.0 Å². The number of hydrogen-bond donors (Lipinski definition) is 2. The fraction of sp³-hybridized carbons (Fsp3) is 0.333. The molecule has 0 saturated heterocycles. The molecule has 0 aromatic heterocycles. The molecule has 0 aliphatic heterocycles. The molecule has 4 nitrogen and oxygen atoms in total. The number of halogens is 1. The third kappa shape index (κ3) is 3.27. The van der Waals surface area contributed by atoms with Crippen molar-refractivity contribution < 1.29 is 19.1 Å². The van der Waals surface area contributed by atoms with Crippen molar-refractivity contribution in [3.63, 3.8) is 0 Å². The molecule has 1 atom stereocenters.